The van der Waals surface area contributed by atoms with E-state index in [2.05, 4.69) is 231 Å². The van der Waals surface area contributed by atoms with Gasteiger partial charge in [0.05, 0.1) is 55.1 Å². The van der Waals surface area contributed by atoms with Gasteiger partial charge in [0.1, 0.15) is 9.84 Å². The normalized spacial score (nSPS) is 23.9. The minimum atomic E-state index is -2.65. The third kappa shape index (κ3) is 55.7. The van der Waals surface area contributed by atoms with Crippen LogP contribution in [0.1, 0.15) is 248 Å². The number of carbonyl (C=O) groups is 1. The molecule has 0 aliphatic carbocycles. The molecule has 11 fully saturated rings. The molecule has 12 aliphatic rings. The van der Waals surface area contributed by atoms with Crippen LogP contribution in [0.4, 0.5) is 4.79 Å². The topological polar surface area (TPSA) is 259 Å². The first kappa shape index (κ1) is 119. The summed E-state index contributed by atoms with van der Waals surface area (Å²) in [5, 5.41) is 10.1. The van der Waals surface area contributed by atoms with Crippen molar-refractivity contribution in [3.8, 4) is 0 Å². The first-order valence-electron chi connectivity index (χ1n) is 50.4. The molecule has 12 aliphatic heterocycles. The number of H-pyrrole nitrogens is 2. The van der Waals surface area contributed by atoms with Gasteiger partial charge in [-0.15, -0.1) is 0 Å². The minimum absolute atomic E-state index is 0.0939. The highest BCUT2D eigenvalue weighted by atomic mass is 32.2. The molecule has 2 amide bonds. The maximum Gasteiger partial charge on any atom is 0.325 e. The number of rotatable bonds is 22. The number of likely N-dealkylation sites (tertiary alicyclic amines) is 2. The van der Waals surface area contributed by atoms with Crippen LogP contribution in [-0.4, -0.2) is 352 Å². The van der Waals surface area contributed by atoms with Crippen molar-refractivity contribution in [1.29, 1.82) is 0 Å². The second kappa shape index (κ2) is 68.1. The molecular formula is C98H197N13O12S4. The van der Waals surface area contributed by atoms with Crippen molar-refractivity contribution in [2.24, 2.45) is 71.0 Å². The van der Waals surface area contributed by atoms with Gasteiger partial charge < -0.3 is 74.0 Å². The van der Waals surface area contributed by atoms with Crippen LogP contribution in [-0.2, 0) is 68.2 Å². The molecule has 3 atom stereocenters. The lowest BCUT2D eigenvalue weighted by molar-refractivity contribution is 0.0109. The van der Waals surface area contributed by atoms with Gasteiger partial charge in [-0.1, -0.05) is 138 Å². The van der Waals surface area contributed by atoms with Gasteiger partial charge >= 0.3 is 11.7 Å². The predicted molar refractivity (Wildman–Crippen MR) is 539 cm³/mol. The minimum Gasteiger partial charge on any atom is -0.381 e. The molecule has 25 nitrogen and oxygen atoms in total. The lowest BCUT2D eigenvalue weighted by atomic mass is 9.91. The summed E-state index contributed by atoms with van der Waals surface area (Å²) in [5.41, 5.74) is 0.775. The van der Waals surface area contributed by atoms with Crippen molar-refractivity contribution in [1.82, 2.24) is 65.1 Å². The highest BCUT2D eigenvalue weighted by Crippen LogP contribution is 2.28. The number of hydrogen-bond donors (Lipinski definition) is 5. The number of urea groups is 1. The number of aromatic amines is 2. The number of morpholine rings is 1. The number of hydrogen-bond acceptors (Lipinski definition) is 22. The Morgan fingerprint density at radius 3 is 1.34 bits per heavy atom. The van der Waals surface area contributed by atoms with E-state index in [1.165, 1.54) is 122 Å². The Bertz CT molecular complexity index is 3140. The number of amides is 2. The molecule has 750 valence electrons. The Labute approximate surface area is 786 Å². The van der Waals surface area contributed by atoms with Crippen LogP contribution in [0.25, 0.3) is 0 Å². The van der Waals surface area contributed by atoms with E-state index in [9.17, 15) is 31.2 Å². The number of piperidine rings is 2. The standard InChI is InChI=1S/C11H21N3O.C10H21NO.C9H13N3O2.4C9H19NO.C8H17NOS.C8H17NS.C8H16O2S.C8H16OS/c1-8(2)6-14-5-4-10-9(7-14)12-11(15)13(10)3;1-9(2)8-11-6-4-10(12-3)5-7-11;1-5(2)12-3-6-7(4-12)10-9(14)11-8(6)13;1-8(2)9(3)10-4-6-11-7-5-10;2*1-8(2)7-10-9-3-5-11-6-4-9;1-9(2)8-10-4-3-6-11-7-5-10;1-8(2)7-9-3-5-11(10)6-4-9;1-8(2)7-9-3-5-10-6-4-9;1-7(2)8-3-5-11(9,10)6-4-8;1-7(2)8-3-5-10(9)6-4-8/h8-10H,4-7H2,1-3H3,(H,12,15);9-10H,4-8H2,1-3H3;5H,3-4H2,1-2H3,(H2,10,11,13,14);8-9H,4-7H2,1-3H3;2*8-10H,3-7H2,1-2H3;9H,3-8H2,1-2H3;8H,3-7H2,1-2H3;8H,3-7H2,1-2H3;7-8H,3-6H2,1-2H3;7-8H,3-6H2,1-2H3/t9?,10-;;;;;;;;;;/m1........../s1. The summed E-state index contributed by atoms with van der Waals surface area (Å²) in [5.74, 6) is 16.2. The summed E-state index contributed by atoms with van der Waals surface area (Å²) in [6.07, 6.45) is 14.1. The second-order valence-corrected chi connectivity index (χ2v) is 48.8. The Balaban J connectivity index is 0.000000361. The Kier molecular flexibility index (Phi) is 63.9. The van der Waals surface area contributed by atoms with Crippen molar-refractivity contribution in [2.75, 3.05) is 237 Å². The molecule has 0 aromatic carbocycles. The first-order chi connectivity index (χ1) is 60.1. The fourth-order valence-electron chi connectivity index (χ4n) is 17.5. The number of ether oxygens (including phenoxy) is 5. The monoisotopic (exact) mass is 1880 g/mol. The van der Waals surface area contributed by atoms with E-state index >= 15 is 0 Å². The van der Waals surface area contributed by atoms with E-state index < -0.39 is 37.1 Å². The Hall–Kier alpha value is -2.01. The van der Waals surface area contributed by atoms with Crippen LogP contribution in [0, 0.1) is 71.0 Å². The van der Waals surface area contributed by atoms with Gasteiger partial charge in [0.15, 0.2) is 0 Å². The van der Waals surface area contributed by atoms with Gasteiger partial charge in [-0.05, 0) is 182 Å². The SMILES string of the molecule is CC(C)C(C)N1CCOCC1.CC(C)C1CCS(=O)(=O)CC1.CC(C)C1CCS(=O)CC1.CC(C)CN1CCCOCC1.CC(C)CN1CCS(=O)CC1.CC(C)CN1CCSCC1.CC(C)CN1CC[C@@H]2C(C1)NC(=O)N2C.CC(C)CNC1CCOCC1.CC(C)CNC1CCOCC1.CC(C)N1Cc2[nH]c(=O)[nH]c(=O)c2C1.COC1CCN(CC(C)C)CC1. The summed E-state index contributed by atoms with van der Waals surface area (Å²) in [6, 6.07) is 3.37. The van der Waals surface area contributed by atoms with E-state index in [1.54, 1.807) is 0 Å². The first-order valence-corrected chi connectivity index (χ1v) is 56.3. The van der Waals surface area contributed by atoms with E-state index in [0.29, 0.717) is 90.3 Å². The predicted octanol–water partition coefficient (Wildman–Crippen LogP) is 13.5. The number of sulfone groups is 1. The lowest BCUT2D eigenvalue weighted by Crippen LogP contribution is -2.51. The fourth-order valence-corrected chi connectivity index (χ4v) is 22.4. The molecule has 0 bridgehead atoms. The summed E-state index contributed by atoms with van der Waals surface area (Å²) < 4.78 is 70.5. The zero-order valence-electron chi connectivity index (χ0n) is 85.7. The highest BCUT2D eigenvalue weighted by Gasteiger charge is 2.41. The average molecular weight is 1880 g/mol. The second-order valence-electron chi connectivity index (χ2n) is 41.9. The van der Waals surface area contributed by atoms with Crippen LogP contribution >= 0.6 is 11.8 Å². The quantitative estimate of drug-likeness (QED) is 0.0723. The lowest BCUT2D eigenvalue weighted by Gasteiger charge is -2.36. The van der Waals surface area contributed by atoms with Crippen molar-refractivity contribution in [3.63, 3.8) is 0 Å². The Morgan fingerprint density at radius 2 is 0.882 bits per heavy atom. The molecule has 127 heavy (non-hydrogen) atoms. The van der Waals surface area contributed by atoms with Crippen molar-refractivity contribution < 1.29 is 45.3 Å². The number of nitrogens with zero attached hydrogens (tertiary/aromatic N) is 8. The van der Waals surface area contributed by atoms with Gasteiger partial charge in [0.25, 0.3) is 5.56 Å². The maximum atomic E-state index is 11.5. The maximum absolute atomic E-state index is 11.5. The van der Waals surface area contributed by atoms with Crippen molar-refractivity contribution >= 4 is 49.2 Å². The third-order valence-corrected chi connectivity index (χ3v) is 30.9. The summed E-state index contributed by atoms with van der Waals surface area (Å²) in [4.78, 5) is 57.7. The molecule has 1 aromatic heterocycles. The van der Waals surface area contributed by atoms with E-state index in [-0.39, 0.29) is 11.6 Å². The number of aromatic nitrogens is 2. The molecule has 5 N–H and O–H groups in total. The van der Waals surface area contributed by atoms with E-state index in [4.69, 9.17) is 23.7 Å². The van der Waals surface area contributed by atoms with Crippen LogP contribution in [0.15, 0.2) is 9.59 Å². The third-order valence-electron chi connectivity index (χ3n) is 25.6. The summed E-state index contributed by atoms with van der Waals surface area (Å²) in [7, 11) is 0.0791. The van der Waals surface area contributed by atoms with Gasteiger partial charge in [-0.2, -0.15) is 11.8 Å². The molecule has 13 heterocycles. The highest BCUT2D eigenvalue weighted by molar-refractivity contribution is 7.99. The largest absolute Gasteiger partial charge is 0.381 e. The van der Waals surface area contributed by atoms with E-state index in [0.717, 1.165) is 226 Å². The number of likely N-dealkylation sites (N-methyl/N-ethyl adjacent to an activating group) is 1. The molecular weight excluding hydrogens is 1680 g/mol. The van der Waals surface area contributed by atoms with Crippen LogP contribution < -0.4 is 27.2 Å². The van der Waals surface area contributed by atoms with Gasteiger partial charge in [0, 0.05) is 258 Å². The van der Waals surface area contributed by atoms with Gasteiger partial charge in [-0.3, -0.25) is 28.0 Å². The smallest absolute Gasteiger partial charge is 0.325 e. The zero-order valence-corrected chi connectivity index (χ0v) is 89.0. The zero-order chi connectivity index (χ0) is 94.6. The van der Waals surface area contributed by atoms with Crippen LogP contribution in [0.3, 0.4) is 0 Å². The molecule has 0 saturated carbocycles. The fraction of sp³-hybridized carbons (Fsp3) is 0.949. The number of nitrogens with one attached hydrogen (secondary N) is 5. The molecule has 2 unspecified atom stereocenters. The molecule has 29 heteroatoms. The van der Waals surface area contributed by atoms with Gasteiger partial charge in [0.2, 0.25) is 0 Å². The summed E-state index contributed by atoms with van der Waals surface area (Å²) >= 11 is 2.08. The number of carbonyl (C=O) groups excluding carboxylic acids is 1. The average Bonchev–Trinajstić information content (AvgIpc) is 1.67. The number of methoxy groups -OCH3 is 1. The van der Waals surface area contributed by atoms with Crippen molar-refractivity contribution in [2.45, 2.75) is 292 Å². The van der Waals surface area contributed by atoms with Crippen LogP contribution in [0.2, 0.25) is 0 Å². The Morgan fingerprint density at radius 1 is 0.457 bits per heavy atom. The summed E-state index contributed by atoms with van der Waals surface area (Å²) in [6.45, 7) is 82.4. The molecule has 0 spiro atoms. The van der Waals surface area contributed by atoms with E-state index in [1.807, 2.05) is 19.1 Å². The van der Waals surface area contributed by atoms with Crippen molar-refractivity contribution in [3.05, 3.63) is 32.1 Å². The molecule has 0 radical (unpaired) electrons. The van der Waals surface area contributed by atoms with Crippen LogP contribution in [0.5, 0.6) is 0 Å². The number of fused-ring (bicyclic) bond motifs is 2. The molecule has 11 saturated heterocycles. The molecule has 1 aromatic rings. The number of thioether (sulfide) groups is 1. The molecule has 13 rings (SSSR count). The van der Waals surface area contributed by atoms with Gasteiger partial charge in [-0.25, -0.2) is 18.0 Å².